The van der Waals surface area contributed by atoms with Crippen LogP contribution in [0.2, 0.25) is 0 Å². The number of aromatic nitrogens is 3. The van der Waals surface area contributed by atoms with E-state index in [1.807, 2.05) is 68.4 Å². The molecular formula is C24H24N4O2. The van der Waals surface area contributed by atoms with Gasteiger partial charge in [0.1, 0.15) is 12.3 Å². The van der Waals surface area contributed by atoms with Crippen molar-refractivity contribution in [3.8, 4) is 35.1 Å². The molecule has 0 aliphatic carbocycles. The summed E-state index contributed by atoms with van der Waals surface area (Å²) in [6.07, 6.45) is 7.35. The first kappa shape index (κ1) is 19.7. The van der Waals surface area contributed by atoms with Crippen molar-refractivity contribution in [1.82, 2.24) is 19.7 Å². The first-order valence-electron chi connectivity index (χ1n) is 9.70. The van der Waals surface area contributed by atoms with E-state index in [0.29, 0.717) is 18.1 Å². The van der Waals surface area contributed by atoms with E-state index < -0.39 is 0 Å². The molecule has 0 aliphatic rings. The summed E-state index contributed by atoms with van der Waals surface area (Å²) in [5, 5.41) is 6.76. The van der Waals surface area contributed by atoms with E-state index in [2.05, 4.69) is 15.8 Å². The van der Waals surface area contributed by atoms with E-state index >= 15 is 0 Å². The fourth-order valence-corrected chi connectivity index (χ4v) is 3.47. The van der Waals surface area contributed by atoms with Crippen molar-refractivity contribution in [2.24, 2.45) is 7.05 Å². The summed E-state index contributed by atoms with van der Waals surface area (Å²) in [5.74, 6) is 4.01. The highest BCUT2D eigenvalue weighted by Gasteiger charge is 2.17. The maximum Gasteiger partial charge on any atom is 0.162 e. The number of aryl methyl sites for hydroxylation is 1. The number of rotatable bonds is 6. The van der Waals surface area contributed by atoms with Gasteiger partial charge in [-0.15, -0.1) is 6.42 Å². The van der Waals surface area contributed by atoms with Crippen molar-refractivity contribution < 1.29 is 9.47 Å². The van der Waals surface area contributed by atoms with Crippen LogP contribution < -0.4 is 9.47 Å². The number of fused-ring (bicyclic) bond motifs is 3. The SMILES string of the molecule is C#Cc1ccc(-c2nn(C)c3cnc4cc(OC)c(OCCN(C)C)cc4c23)cc1. The van der Waals surface area contributed by atoms with E-state index in [9.17, 15) is 0 Å². The van der Waals surface area contributed by atoms with Crippen LogP contribution in [0, 0.1) is 12.3 Å². The van der Waals surface area contributed by atoms with Gasteiger partial charge in [-0.3, -0.25) is 9.67 Å². The molecule has 0 atom stereocenters. The molecule has 2 heterocycles. The highest BCUT2D eigenvalue weighted by molar-refractivity contribution is 6.11. The van der Waals surface area contributed by atoms with Gasteiger partial charge in [0.25, 0.3) is 0 Å². The highest BCUT2D eigenvalue weighted by Crippen LogP contribution is 2.38. The van der Waals surface area contributed by atoms with Crippen LogP contribution >= 0.6 is 0 Å². The quantitative estimate of drug-likeness (QED) is 0.462. The van der Waals surface area contributed by atoms with Crippen LogP contribution in [0.3, 0.4) is 0 Å². The van der Waals surface area contributed by atoms with Crippen LogP contribution in [0.5, 0.6) is 11.5 Å². The number of terminal acetylenes is 1. The van der Waals surface area contributed by atoms with E-state index in [-0.39, 0.29) is 0 Å². The number of methoxy groups -OCH3 is 1. The number of benzene rings is 2. The average Bonchev–Trinajstić information content (AvgIpc) is 3.10. The van der Waals surface area contributed by atoms with Crippen LogP contribution in [0.25, 0.3) is 33.1 Å². The second kappa shape index (κ2) is 8.05. The highest BCUT2D eigenvalue weighted by atomic mass is 16.5. The third-order valence-electron chi connectivity index (χ3n) is 5.09. The molecule has 0 spiro atoms. The molecule has 0 unspecified atom stereocenters. The molecule has 2 aromatic heterocycles. The van der Waals surface area contributed by atoms with Crippen LogP contribution in [-0.4, -0.2) is 54.0 Å². The van der Waals surface area contributed by atoms with Crippen molar-refractivity contribution in [3.63, 3.8) is 0 Å². The van der Waals surface area contributed by atoms with Crippen molar-refractivity contribution in [3.05, 3.63) is 48.2 Å². The lowest BCUT2D eigenvalue weighted by Crippen LogP contribution is -2.19. The normalized spacial score (nSPS) is 11.2. The van der Waals surface area contributed by atoms with Gasteiger partial charge < -0.3 is 14.4 Å². The van der Waals surface area contributed by atoms with Crippen LogP contribution in [0.4, 0.5) is 0 Å². The topological polar surface area (TPSA) is 52.4 Å². The lowest BCUT2D eigenvalue weighted by Gasteiger charge is -2.14. The molecule has 6 nitrogen and oxygen atoms in total. The molecule has 0 bridgehead atoms. The minimum atomic E-state index is 0.561. The first-order valence-corrected chi connectivity index (χ1v) is 9.70. The third-order valence-corrected chi connectivity index (χ3v) is 5.09. The lowest BCUT2D eigenvalue weighted by molar-refractivity contribution is 0.251. The van der Waals surface area contributed by atoms with Crippen LogP contribution in [0.15, 0.2) is 42.6 Å². The van der Waals surface area contributed by atoms with Gasteiger partial charge >= 0.3 is 0 Å². The molecule has 6 heteroatoms. The van der Waals surface area contributed by atoms with Crippen molar-refractivity contribution in [1.29, 1.82) is 0 Å². The number of ether oxygens (including phenoxy) is 2. The molecule has 4 aromatic rings. The fourth-order valence-electron chi connectivity index (χ4n) is 3.47. The van der Waals surface area contributed by atoms with Gasteiger partial charge in [0, 0.05) is 41.6 Å². The number of pyridine rings is 1. The van der Waals surface area contributed by atoms with Gasteiger partial charge in [0.05, 0.1) is 24.3 Å². The number of hydrogen-bond acceptors (Lipinski definition) is 5. The minimum Gasteiger partial charge on any atom is -0.493 e. The predicted molar refractivity (Wildman–Crippen MR) is 120 cm³/mol. The molecule has 0 N–H and O–H groups in total. The smallest absolute Gasteiger partial charge is 0.162 e. The first-order chi connectivity index (χ1) is 14.5. The van der Waals surface area contributed by atoms with Crippen molar-refractivity contribution >= 4 is 21.8 Å². The largest absolute Gasteiger partial charge is 0.493 e. The number of hydrogen-bond donors (Lipinski definition) is 0. The van der Waals surface area contributed by atoms with Crippen molar-refractivity contribution in [2.75, 3.05) is 34.4 Å². The number of likely N-dealkylation sites (N-methyl/N-ethyl adjacent to an activating group) is 1. The van der Waals surface area contributed by atoms with E-state index in [0.717, 1.165) is 45.2 Å². The molecule has 0 aliphatic heterocycles. The molecule has 0 fully saturated rings. The summed E-state index contributed by atoms with van der Waals surface area (Å²) in [6, 6.07) is 11.8. The molecule has 0 radical (unpaired) electrons. The zero-order chi connectivity index (χ0) is 21.3. The Morgan fingerprint density at radius 2 is 1.90 bits per heavy atom. The standard InChI is InChI=1S/C24H24N4O2/c1-6-16-7-9-17(10-8-16)24-23-18-13-22(30-12-11-27(2)3)21(29-5)14-19(18)25-15-20(23)28(4)26-24/h1,7-10,13-15H,11-12H2,2-5H3. The lowest BCUT2D eigenvalue weighted by atomic mass is 10.0. The predicted octanol–water partition coefficient (Wildman–Crippen LogP) is 3.72. The Labute approximate surface area is 176 Å². The molecule has 2 aromatic carbocycles. The third kappa shape index (κ3) is 3.56. The van der Waals surface area contributed by atoms with Gasteiger partial charge in [-0.1, -0.05) is 18.1 Å². The van der Waals surface area contributed by atoms with Gasteiger partial charge in [-0.2, -0.15) is 5.10 Å². The average molecular weight is 400 g/mol. The molecule has 0 amide bonds. The summed E-state index contributed by atoms with van der Waals surface area (Å²) in [5.41, 5.74) is 4.49. The molecule has 4 rings (SSSR count). The molecule has 152 valence electrons. The Morgan fingerprint density at radius 3 is 2.57 bits per heavy atom. The van der Waals surface area contributed by atoms with Gasteiger partial charge in [-0.05, 0) is 32.3 Å². The zero-order valence-electron chi connectivity index (χ0n) is 17.6. The summed E-state index contributed by atoms with van der Waals surface area (Å²) in [4.78, 5) is 6.71. The van der Waals surface area contributed by atoms with Gasteiger partial charge in [0.15, 0.2) is 11.5 Å². The molecule has 0 saturated carbocycles. The Kier molecular flexibility index (Phi) is 5.30. The van der Waals surface area contributed by atoms with Gasteiger partial charge in [0.2, 0.25) is 0 Å². The van der Waals surface area contributed by atoms with E-state index in [4.69, 9.17) is 21.0 Å². The summed E-state index contributed by atoms with van der Waals surface area (Å²) < 4.78 is 13.4. The Bertz CT molecular complexity index is 1250. The maximum absolute atomic E-state index is 6.03. The zero-order valence-corrected chi connectivity index (χ0v) is 17.6. The monoisotopic (exact) mass is 400 g/mol. The second-order valence-corrected chi connectivity index (χ2v) is 7.38. The fraction of sp³-hybridized carbons (Fsp3) is 0.250. The molecule has 30 heavy (non-hydrogen) atoms. The van der Waals surface area contributed by atoms with E-state index in [1.54, 1.807) is 7.11 Å². The van der Waals surface area contributed by atoms with Crippen LogP contribution in [0.1, 0.15) is 5.56 Å². The van der Waals surface area contributed by atoms with Crippen LogP contribution in [-0.2, 0) is 7.05 Å². The molecular weight excluding hydrogens is 376 g/mol. The summed E-state index contributed by atoms with van der Waals surface area (Å²) in [7, 11) is 7.60. The Morgan fingerprint density at radius 1 is 1.13 bits per heavy atom. The summed E-state index contributed by atoms with van der Waals surface area (Å²) >= 11 is 0. The van der Waals surface area contributed by atoms with Gasteiger partial charge in [-0.25, -0.2) is 0 Å². The minimum absolute atomic E-state index is 0.561. The summed E-state index contributed by atoms with van der Waals surface area (Å²) in [6.45, 7) is 1.37. The Balaban J connectivity index is 1.91. The maximum atomic E-state index is 6.03. The Hall–Kier alpha value is -3.56. The number of nitrogens with zero attached hydrogens (tertiary/aromatic N) is 4. The van der Waals surface area contributed by atoms with Crippen molar-refractivity contribution in [2.45, 2.75) is 0 Å². The molecule has 0 saturated heterocycles. The van der Waals surface area contributed by atoms with E-state index in [1.165, 1.54) is 0 Å². The second-order valence-electron chi connectivity index (χ2n) is 7.38.